The fraction of sp³-hybridized carbons (Fsp3) is 0.900. The number of hydrogen-bond donors (Lipinski definition) is 0. The summed E-state index contributed by atoms with van der Waals surface area (Å²) in [4.78, 5) is 13.1. The smallest absolute Gasteiger partial charge is 0.237 e. The van der Waals surface area contributed by atoms with Crippen LogP contribution in [0.2, 0.25) is 0 Å². The maximum absolute atomic E-state index is 11.9. The van der Waals surface area contributed by atoms with E-state index < -0.39 is 4.99 Å². The Labute approximate surface area is 110 Å². The lowest BCUT2D eigenvalue weighted by Crippen LogP contribution is -2.40. The minimum atomic E-state index is -0.581. The molecule has 0 saturated carbocycles. The number of amides is 1. The van der Waals surface area contributed by atoms with Crippen LogP contribution in [-0.4, -0.2) is 47.9 Å². The van der Waals surface area contributed by atoms with Crippen molar-refractivity contribution in [1.82, 2.24) is 4.90 Å². The van der Waals surface area contributed by atoms with Crippen LogP contribution in [0.5, 0.6) is 0 Å². The van der Waals surface area contributed by atoms with Crippen LogP contribution < -0.4 is 0 Å². The van der Waals surface area contributed by atoms with Crippen molar-refractivity contribution in [3.63, 3.8) is 0 Å². The maximum atomic E-state index is 11.9. The van der Waals surface area contributed by atoms with E-state index in [1.165, 1.54) is 0 Å². The maximum Gasteiger partial charge on any atom is 0.237 e. The van der Waals surface area contributed by atoms with Crippen molar-refractivity contribution >= 4 is 17.7 Å². The molecule has 7 nitrogen and oxygen atoms in total. The van der Waals surface area contributed by atoms with E-state index in [0.717, 1.165) is 12.2 Å². The highest BCUT2D eigenvalue weighted by Crippen LogP contribution is 2.32. The molecule has 0 aliphatic carbocycles. The summed E-state index contributed by atoms with van der Waals surface area (Å²) in [6.45, 7) is 4.60. The molecule has 2 aliphatic heterocycles. The molecule has 0 aromatic heterocycles. The van der Waals surface area contributed by atoms with Crippen LogP contribution in [0.15, 0.2) is 20.7 Å². The lowest BCUT2D eigenvalue weighted by atomic mass is 10.3. The fourth-order valence-corrected chi connectivity index (χ4v) is 2.61. The second kappa shape index (κ2) is 6.24. The van der Waals surface area contributed by atoms with E-state index in [9.17, 15) is 4.79 Å². The van der Waals surface area contributed by atoms with Crippen molar-refractivity contribution in [3.8, 4) is 0 Å². The fourth-order valence-electron chi connectivity index (χ4n) is 1.74. The first kappa shape index (κ1) is 13.4. The van der Waals surface area contributed by atoms with Gasteiger partial charge in [-0.25, -0.2) is 0 Å². The summed E-state index contributed by atoms with van der Waals surface area (Å²) in [5.74, 6) is 1.03. The third-order valence-electron chi connectivity index (χ3n) is 2.77. The lowest BCUT2D eigenvalue weighted by molar-refractivity contribution is -0.135. The van der Waals surface area contributed by atoms with Crippen LogP contribution in [0.4, 0.5) is 0 Å². The van der Waals surface area contributed by atoms with E-state index in [1.807, 2.05) is 11.8 Å². The Kier molecular flexibility index (Phi) is 4.65. The molecule has 0 spiro atoms. The topological polar surface area (TPSA) is 79.0 Å². The Morgan fingerprint density at radius 1 is 1.33 bits per heavy atom. The number of nitrogens with zero attached hydrogens (tertiary/aromatic N) is 5. The molecule has 0 aromatic rings. The zero-order valence-corrected chi connectivity index (χ0v) is 11.2. The normalized spacial score (nSPS) is 21.5. The van der Waals surface area contributed by atoms with Gasteiger partial charge in [0.05, 0.1) is 13.2 Å². The summed E-state index contributed by atoms with van der Waals surface area (Å²) in [5.41, 5.74) is 0. The Morgan fingerprint density at radius 3 is 2.67 bits per heavy atom. The van der Waals surface area contributed by atoms with Gasteiger partial charge in [-0.1, -0.05) is 0 Å². The van der Waals surface area contributed by atoms with Crippen molar-refractivity contribution < 1.29 is 9.53 Å². The van der Waals surface area contributed by atoms with Gasteiger partial charge in [-0.05, 0) is 29.5 Å². The first-order valence-corrected chi connectivity index (χ1v) is 7.02. The van der Waals surface area contributed by atoms with Gasteiger partial charge in [-0.15, -0.1) is 22.0 Å². The van der Waals surface area contributed by atoms with Gasteiger partial charge in [0, 0.05) is 19.5 Å². The third-order valence-corrected chi connectivity index (χ3v) is 3.98. The van der Waals surface area contributed by atoms with Crippen LogP contribution in [0.1, 0.15) is 19.8 Å². The average molecular weight is 271 g/mol. The van der Waals surface area contributed by atoms with E-state index in [-0.39, 0.29) is 5.91 Å². The monoisotopic (exact) mass is 271 g/mol. The predicted molar refractivity (Wildman–Crippen MR) is 67.2 cm³/mol. The van der Waals surface area contributed by atoms with Gasteiger partial charge in [0.1, 0.15) is 0 Å². The Bertz CT molecular complexity index is 342. The summed E-state index contributed by atoms with van der Waals surface area (Å²) in [5, 5.41) is 14.8. The molecule has 0 atom stereocenters. The first-order valence-electron chi connectivity index (χ1n) is 6.03. The quantitative estimate of drug-likeness (QED) is 0.716. The number of rotatable bonds is 5. The van der Waals surface area contributed by atoms with E-state index in [1.54, 1.807) is 11.8 Å². The van der Waals surface area contributed by atoms with E-state index in [4.69, 9.17) is 4.74 Å². The molecular formula is C10H17N5O2S. The predicted octanol–water partition coefficient (Wildman–Crippen LogP) is 1.87. The zero-order valence-electron chi connectivity index (χ0n) is 10.4. The Hall–Kier alpha value is -1.02. The van der Waals surface area contributed by atoms with Crippen LogP contribution >= 0.6 is 11.8 Å². The first-order chi connectivity index (χ1) is 8.70. The highest BCUT2D eigenvalue weighted by atomic mass is 32.2. The van der Waals surface area contributed by atoms with Gasteiger partial charge < -0.3 is 9.64 Å². The van der Waals surface area contributed by atoms with Crippen LogP contribution in [0.3, 0.4) is 0 Å². The summed E-state index contributed by atoms with van der Waals surface area (Å²) >= 11 is 1.56. The van der Waals surface area contributed by atoms with Gasteiger partial charge >= 0.3 is 0 Å². The van der Waals surface area contributed by atoms with Gasteiger partial charge in [-0.2, -0.15) is 0 Å². The number of thioether (sulfide) groups is 1. The van der Waals surface area contributed by atoms with Gasteiger partial charge in [0.2, 0.25) is 10.9 Å². The highest BCUT2D eigenvalue weighted by Gasteiger charge is 2.27. The van der Waals surface area contributed by atoms with E-state index in [2.05, 4.69) is 20.7 Å². The number of ether oxygens (including phenoxy) is 1. The number of carbonyl (C=O) groups excluding carboxylic acids is 1. The molecule has 0 bridgehead atoms. The molecule has 8 heteroatoms. The van der Waals surface area contributed by atoms with Crippen molar-refractivity contribution in [2.24, 2.45) is 20.7 Å². The standard InChI is InChI=1S/C10H17N5O2S/c1-10(11-13-14-12-10)18-8-2-3-9(16)15-4-6-17-7-5-15/h2-8H2,1H3. The summed E-state index contributed by atoms with van der Waals surface area (Å²) < 4.78 is 5.21. The SMILES string of the molecule is CC1(SCCCC(=O)N2CCOCC2)N=NN=N1. The summed E-state index contributed by atoms with van der Waals surface area (Å²) in [6, 6.07) is 0. The molecule has 1 amide bonds. The minimum absolute atomic E-state index is 0.207. The molecular weight excluding hydrogens is 254 g/mol. The average Bonchev–Trinajstić information content (AvgIpc) is 2.83. The molecule has 1 fully saturated rings. The highest BCUT2D eigenvalue weighted by molar-refractivity contribution is 8.00. The number of carbonyl (C=O) groups is 1. The van der Waals surface area contributed by atoms with Gasteiger partial charge in [0.15, 0.2) is 0 Å². The van der Waals surface area contributed by atoms with Crippen LogP contribution in [-0.2, 0) is 9.53 Å². The van der Waals surface area contributed by atoms with E-state index >= 15 is 0 Å². The Balaban J connectivity index is 1.61. The molecule has 2 heterocycles. The summed E-state index contributed by atoms with van der Waals surface area (Å²) in [6.07, 6.45) is 1.39. The van der Waals surface area contributed by atoms with Crippen molar-refractivity contribution in [2.75, 3.05) is 32.1 Å². The molecule has 1 saturated heterocycles. The van der Waals surface area contributed by atoms with Crippen LogP contribution in [0, 0.1) is 0 Å². The van der Waals surface area contributed by atoms with Gasteiger partial charge in [-0.3, -0.25) is 4.79 Å². The second-order valence-corrected chi connectivity index (χ2v) is 5.73. The minimum Gasteiger partial charge on any atom is -0.378 e. The largest absolute Gasteiger partial charge is 0.378 e. The molecule has 0 N–H and O–H groups in total. The molecule has 100 valence electrons. The number of morpholine rings is 1. The van der Waals surface area contributed by atoms with Crippen LogP contribution in [0.25, 0.3) is 0 Å². The molecule has 2 rings (SSSR count). The zero-order chi connectivity index (χ0) is 12.8. The van der Waals surface area contributed by atoms with Crippen molar-refractivity contribution in [2.45, 2.75) is 24.8 Å². The lowest BCUT2D eigenvalue weighted by Gasteiger charge is -2.26. The Morgan fingerprint density at radius 2 is 2.00 bits per heavy atom. The molecule has 0 unspecified atom stereocenters. The van der Waals surface area contributed by atoms with Crippen molar-refractivity contribution in [1.29, 1.82) is 0 Å². The van der Waals surface area contributed by atoms with E-state index in [0.29, 0.717) is 32.7 Å². The number of hydrogen-bond acceptors (Lipinski definition) is 7. The van der Waals surface area contributed by atoms with Crippen molar-refractivity contribution in [3.05, 3.63) is 0 Å². The third kappa shape index (κ3) is 3.74. The second-order valence-electron chi connectivity index (χ2n) is 4.26. The molecule has 18 heavy (non-hydrogen) atoms. The summed E-state index contributed by atoms with van der Waals surface area (Å²) in [7, 11) is 0. The molecule has 0 aromatic carbocycles. The van der Waals surface area contributed by atoms with Gasteiger partial charge in [0.25, 0.3) is 0 Å². The molecule has 2 aliphatic rings. The molecule has 0 radical (unpaired) electrons.